The average Bonchev–Trinajstić information content (AvgIpc) is 1.68. The first-order valence-corrected chi connectivity index (χ1v) is 2.50. The van der Waals surface area contributed by atoms with Crippen LogP contribution in [0.5, 0.6) is 0 Å². The van der Waals surface area contributed by atoms with E-state index in [-0.39, 0.29) is 0 Å². The van der Waals surface area contributed by atoms with Gasteiger partial charge < -0.3 is 0 Å². The van der Waals surface area contributed by atoms with Crippen molar-refractivity contribution >= 4 is 34.8 Å². The maximum absolute atomic E-state index is 4.56. The Hall–Kier alpha value is -0.280. The van der Waals surface area contributed by atoms with E-state index in [1.54, 1.807) is 0 Å². The van der Waals surface area contributed by atoms with Gasteiger partial charge >= 0.3 is 0 Å². The van der Waals surface area contributed by atoms with Crippen molar-refractivity contribution in [3.8, 4) is 0 Å². The van der Waals surface area contributed by atoms with Crippen molar-refractivity contribution in [2.24, 2.45) is 0 Å². The molecule has 37 valence electrons. The first-order chi connectivity index (χ1) is 3.31. The Morgan fingerprint density at radius 3 is 2.43 bits per heavy atom. The van der Waals surface area contributed by atoms with E-state index in [2.05, 4.69) is 36.3 Å². The van der Waals surface area contributed by atoms with Gasteiger partial charge in [0.15, 0.2) is 0 Å². The fraction of sp³-hybridized carbons (Fsp3) is 0. The Morgan fingerprint density at radius 2 is 2.29 bits per heavy atom. The monoisotopic (exact) mass is 130 g/mol. The van der Waals surface area contributed by atoms with Crippen LogP contribution in [0.25, 0.3) is 0 Å². The van der Waals surface area contributed by atoms with Crippen LogP contribution in [0.4, 0.5) is 0 Å². The van der Waals surface area contributed by atoms with E-state index in [1.807, 2.05) is 0 Å². The van der Waals surface area contributed by atoms with Crippen LogP contribution in [0.1, 0.15) is 0 Å². The lowest BCUT2D eigenvalue weighted by atomic mass is 10.7. The molecule has 0 aliphatic carbocycles. The summed E-state index contributed by atoms with van der Waals surface area (Å²) in [5.41, 5.74) is 0. The normalized spacial score (nSPS) is 6.86. The second-order valence-corrected chi connectivity index (χ2v) is 1.42. The van der Waals surface area contributed by atoms with E-state index < -0.39 is 0 Å². The smallest absolute Gasteiger partial charge is 0.136 e. The number of rotatable bonds is 2. The second kappa shape index (κ2) is 3.89. The Bertz CT molecular complexity index is 97.9. The molecule has 0 heterocycles. The zero-order valence-corrected chi connectivity index (χ0v) is 5.26. The zero-order chi connectivity index (χ0) is 5.70. The number of hydrogen-bond acceptors (Lipinski definition) is 2. The van der Waals surface area contributed by atoms with Gasteiger partial charge in [0.05, 0.1) is 0 Å². The van der Waals surface area contributed by atoms with Crippen molar-refractivity contribution in [2.45, 2.75) is 0 Å². The molecule has 7 heavy (non-hydrogen) atoms. The van der Waals surface area contributed by atoms with Crippen molar-refractivity contribution in [1.82, 2.24) is 5.32 Å². The minimum atomic E-state index is 0.407. The minimum Gasteiger partial charge on any atom is -0.245 e. The first kappa shape index (κ1) is 6.72. The predicted molar refractivity (Wildman–Crippen MR) is 38.6 cm³/mol. The van der Waals surface area contributed by atoms with Crippen LogP contribution in [0, 0.1) is 0 Å². The third-order valence-electron chi connectivity index (χ3n) is 0.319. The summed E-state index contributed by atoms with van der Waals surface area (Å²) in [5, 5.41) is 4.91. The first-order valence-electron chi connectivity index (χ1n) is 1.62. The van der Waals surface area contributed by atoms with E-state index in [0.717, 1.165) is 0 Å². The predicted octanol–water partition coefficient (Wildman–Crippen LogP) is 1.06. The van der Waals surface area contributed by atoms with Gasteiger partial charge in [0.2, 0.25) is 0 Å². The van der Waals surface area contributed by atoms with Gasteiger partial charge in [-0.1, -0.05) is 31.0 Å². The molecule has 0 aromatic carbocycles. The molecule has 0 saturated heterocycles. The van der Waals surface area contributed by atoms with E-state index in [0.29, 0.717) is 4.99 Å². The van der Waals surface area contributed by atoms with Gasteiger partial charge in [0.25, 0.3) is 0 Å². The highest BCUT2D eigenvalue weighted by atomic mass is 32.1. The Kier molecular flexibility index (Phi) is 3.74. The summed E-state index contributed by atoms with van der Waals surface area (Å²) < 4.78 is 0. The summed E-state index contributed by atoms with van der Waals surface area (Å²) in [5.74, 6) is 0. The second-order valence-electron chi connectivity index (χ2n) is 0.768. The topological polar surface area (TPSA) is 14.1 Å². The van der Waals surface area contributed by atoms with E-state index >= 15 is 0 Å². The third kappa shape index (κ3) is 3.55. The van der Waals surface area contributed by atoms with Crippen molar-refractivity contribution in [2.75, 3.05) is 0 Å². The maximum atomic E-state index is 4.56. The van der Waals surface area contributed by atoms with Crippen LogP contribution in [0.15, 0.2) is 12.8 Å². The van der Waals surface area contributed by atoms with Crippen molar-refractivity contribution in [3.05, 3.63) is 12.8 Å². The van der Waals surface area contributed by atoms with Crippen molar-refractivity contribution in [1.29, 1.82) is 0 Å². The Morgan fingerprint density at radius 1 is 1.71 bits per heavy atom. The van der Waals surface area contributed by atoms with Gasteiger partial charge in [0, 0.05) is 11.6 Å². The average molecular weight is 130 g/mol. The van der Waals surface area contributed by atoms with Gasteiger partial charge in [-0.15, -0.1) is 0 Å². The fourth-order valence-corrected chi connectivity index (χ4v) is 0.256. The van der Waals surface area contributed by atoms with Crippen LogP contribution in [-0.4, -0.2) is 10.4 Å². The lowest BCUT2D eigenvalue weighted by molar-refractivity contribution is 1.32. The molecule has 1 nitrogen and oxygen atoms in total. The standard InChI is InChI=1S/C4H4NS2/c1-2-5-4(7)3-6/h2-3H,1H2. The molecule has 0 rings (SSSR count). The van der Waals surface area contributed by atoms with E-state index in [1.165, 1.54) is 11.6 Å². The molecule has 0 aliphatic heterocycles. The summed E-state index contributed by atoms with van der Waals surface area (Å²) >= 11 is 8.99. The lowest BCUT2D eigenvalue weighted by Gasteiger charge is -1.83. The summed E-state index contributed by atoms with van der Waals surface area (Å²) in [6.07, 6.45) is 1.37. The number of hydrogen-bond donors (Lipinski definition) is 0. The molecule has 0 spiro atoms. The molecule has 0 unspecified atom stereocenters. The summed E-state index contributed by atoms with van der Waals surface area (Å²) in [6, 6.07) is 0. The third-order valence-corrected chi connectivity index (χ3v) is 0.915. The molecule has 0 N–H and O–H groups in total. The molecule has 0 atom stereocenters. The van der Waals surface area contributed by atoms with Crippen LogP contribution in [0.2, 0.25) is 0 Å². The van der Waals surface area contributed by atoms with Gasteiger partial charge in [-0.2, -0.15) is 0 Å². The highest BCUT2D eigenvalue weighted by Crippen LogP contribution is 1.67. The largest absolute Gasteiger partial charge is 0.245 e. The molecule has 0 amide bonds. The summed E-state index contributed by atoms with van der Waals surface area (Å²) in [6.45, 7) is 3.33. The molecule has 1 radical (unpaired) electrons. The highest BCUT2D eigenvalue weighted by molar-refractivity contribution is 7.88. The molecular weight excluding hydrogens is 126 g/mol. The molecule has 0 aromatic rings. The molecule has 0 aromatic heterocycles. The number of thiocarbonyl (C=S) groups is 2. The van der Waals surface area contributed by atoms with Crippen molar-refractivity contribution < 1.29 is 0 Å². The molecular formula is C4H4NS2. The van der Waals surface area contributed by atoms with Gasteiger partial charge in [0.1, 0.15) is 4.99 Å². The SMILES string of the molecule is C=C[N]C(=S)C=S. The van der Waals surface area contributed by atoms with E-state index in [9.17, 15) is 0 Å². The van der Waals surface area contributed by atoms with Gasteiger partial charge in [-0.25, -0.2) is 5.32 Å². The molecule has 0 aliphatic rings. The lowest BCUT2D eigenvalue weighted by Crippen LogP contribution is -2.04. The Labute approximate surface area is 53.4 Å². The van der Waals surface area contributed by atoms with Crippen LogP contribution in [-0.2, 0) is 0 Å². The molecule has 0 bridgehead atoms. The maximum Gasteiger partial charge on any atom is 0.136 e. The molecule has 3 heteroatoms. The van der Waals surface area contributed by atoms with Crippen LogP contribution in [0.3, 0.4) is 0 Å². The summed E-state index contributed by atoms with van der Waals surface area (Å²) in [7, 11) is 0. The minimum absolute atomic E-state index is 0.407. The van der Waals surface area contributed by atoms with Crippen molar-refractivity contribution in [3.63, 3.8) is 0 Å². The van der Waals surface area contributed by atoms with Crippen LogP contribution < -0.4 is 5.32 Å². The number of nitrogens with zero attached hydrogens (tertiary/aromatic N) is 1. The quantitative estimate of drug-likeness (QED) is 0.519. The zero-order valence-electron chi connectivity index (χ0n) is 3.63. The van der Waals surface area contributed by atoms with Crippen LogP contribution >= 0.6 is 24.4 Å². The van der Waals surface area contributed by atoms with Gasteiger partial charge in [-0.3, -0.25) is 0 Å². The van der Waals surface area contributed by atoms with Gasteiger partial charge in [-0.05, 0) is 0 Å². The highest BCUT2D eigenvalue weighted by Gasteiger charge is 1.80. The fourth-order valence-electron chi connectivity index (χ4n) is 0.120. The summed E-state index contributed by atoms with van der Waals surface area (Å²) in [4.78, 5) is 0.407. The Balaban J connectivity index is 3.36. The van der Waals surface area contributed by atoms with E-state index in [4.69, 9.17) is 0 Å². The molecule has 0 saturated carbocycles. The molecule has 0 fully saturated rings.